The molecule has 3 heterocycles. The third-order valence-corrected chi connectivity index (χ3v) is 3.40. The number of halogens is 1. The summed E-state index contributed by atoms with van der Waals surface area (Å²) in [5, 5.41) is 4.31. The molecule has 0 atom stereocenters. The molecule has 0 spiro atoms. The Morgan fingerprint density at radius 3 is 2.96 bits per heavy atom. The summed E-state index contributed by atoms with van der Waals surface area (Å²) in [6.07, 6.45) is 2.78. The highest BCUT2D eigenvalue weighted by molar-refractivity contribution is 6.32. The predicted octanol–water partition coefficient (Wildman–Crippen LogP) is 3.41. The number of fused-ring (bicyclic) bond motifs is 1. The van der Waals surface area contributed by atoms with Crippen LogP contribution in [0.5, 0.6) is 0 Å². The van der Waals surface area contributed by atoms with Crippen LogP contribution in [0.4, 0.5) is 4.79 Å². The molecular formula is C16H19ClN4O2. The van der Waals surface area contributed by atoms with Crippen molar-refractivity contribution < 1.29 is 15.0 Å². The Kier molecular flexibility index (Phi) is 2.91. The summed E-state index contributed by atoms with van der Waals surface area (Å²) in [5.74, 6) is 0. The molecule has 23 heavy (non-hydrogen) atoms. The molecule has 7 heteroatoms. The van der Waals surface area contributed by atoms with Crippen LogP contribution >= 0.6 is 11.6 Å². The van der Waals surface area contributed by atoms with Crippen molar-refractivity contribution in [2.24, 2.45) is 0 Å². The summed E-state index contributed by atoms with van der Waals surface area (Å²) < 4.78 is 39.8. The largest absolute Gasteiger partial charge is 0.444 e. The predicted molar refractivity (Wildman–Crippen MR) is 88.4 cm³/mol. The van der Waals surface area contributed by atoms with Crippen LogP contribution in [-0.2, 0) is 4.74 Å². The second-order valence-corrected chi connectivity index (χ2v) is 6.45. The number of hydrogen-bond donors (Lipinski definition) is 0. The average Bonchev–Trinajstić information content (AvgIpc) is 2.88. The van der Waals surface area contributed by atoms with E-state index in [1.165, 1.54) is 16.9 Å². The first-order chi connectivity index (χ1) is 12.3. The van der Waals surface area contributed by atoms with E-state index in [0.717, 1.165) is 0 Å². The molecule has 3 rings (SSSR count). The molecule has 0 radical (unpaired) electrons. The van der Waals surface area contributed by atoms with Crippen molar-refractivity contribution in [2.75, 3.05) is 13.0 Å². The SMILES string of the molecule is [2H]C1([2H])C=C(c2cn3ncnc3cc2Cl)CC([2H])([2H])N1C(=O)OC(C)(C)C. The molecule has 0 saturated heterocycles. The zero-order valence-corrected chi connectivity index (χ0v) is 13.8. The lowest BCUT2D eigenvalue weighted by Crippen LogP contribution is -2.39. The average molecular weight is 339 g/mol. The van der Waals surface area contributed by atoms with Gasteiger partial charge in [-0.2, -0.15) is 5.10 Å². The van der Waals surface area contributed by atoms with Crippen molar-refractivity contribution in [2.45, 2.75) is 32.8 Å². The normalized spacial score (nSPS) is 22.6. The van der Waals surface area contributed by atoms with Gasteiger partial charge in [0, 0.05) is 33.6 Å². The van der Waals surface area contributed by atoms with Gasteiger partial charge < -0.3 is 9.64 Å². The van der Waals surface area contributed by atoms with Crippen molar-refractivity contribution in [3.05, 3.63) is 35.3 Å². The van der Waals surface area contributed by atoms with E-state index in [1.54, 1.807) is 33.0 Å². The van der Waals surface area contributed by atoms with E-state index in [-0.39, 0.29) is 6.42 Å². The van der Waals surface area contributed by atoms with Crippen molar-refractivity contribution >= 4 is 28.9 Å². The molecule has 0 N–H and O–H groups in total. The van der Waals surface area contributed by atoms with E-state index >= 15 is 0 Å². The number of hydrogen-bond acceptors (Lipinski definition) is 4. The molecule has 0 fully saturated rings. The van der Waals surface area contributed by atoms with Crippen molar-refractivity contribution in [1.29, 1.82) is 0 Å². The highest BCUT2D eigenvalue weighted by Gasteiger charge is 2.24. The van der Waals surface area contributed by atoms with Gasteiger partial charge in [-0.15, -0.1) is 0 Å². The Balaban J connectivity index is 2.05. The standard InChI is InChI=1S/C16H19ClN4O2/c1-16(2,3)23-15(22)20-6-4-11(5-7-20)12-9-21-14(8-13(12)17)18-10-19-21/h4,8-10H,5-7H2,1-3H3/i6D2,7D2. The molecule has 1 aliphatic rings. The van der Waals surface area contributed by atoms with Gasteiger partial charge in [-0.05, 0) is 32.8 Å². The molecule has 0 aromatic carbocycles. The van der Waals surface area contributed by atoms with Crippen LogP contribution in [0.15, 0.2) is 24.7 Å². The van der Waals surface area contributed by atoms with Crippen LogP contribution in [0.2, 0.25) is 5.02 Å². The van der Waals surface area contributed by atoms with Crippen molar-refractivity contribution in [3.63, 3.8) is 0 Å². The van der Waals surface area contributed by atoms with Crippen LogP contribution in [-0.4, -0.2) is 44.2 Å². The van der Waals surface area contributed by atoms with E-state index in [0.29, 0.717) is 26.7 Å². The van der Waals surface area contributed by atoms with Crippen LogP contribution in [0, 0.1) is 0 Å². The van der Waals surface area contributed by atoms with Gasteiger partial charge in [-0.1, -0.05) is 17.7 Å². The lowest BCUT2D eigenvalue weighted by atomic mass is 10.0. The minimum atomic E-state index is -2.42. The minimum absolute atomic E-state index is 0.258. The molecule has 1 amide bonds. The maximum absolute atomic E-state index is 12.4. The Hall–Kier alpha value is -2.08. The van der Waals surface area contributed by atoms with Crippen LogP contribution in [0.3, 0.4) is 0 Å². The number of carbonyl (C=O) groups is 1. The monoisotopic (exact) mass is 338 g/mol. The summed E-state index contributed by atoms with van der Waals surface area (Å²) in [7, 11) is 0. The Morgan fingerprint density at radius 1 is 1.48 bits per heavy atom. The van der Waals surface area contributed by atoms with Gasteiger partial charge >= 0.3 is 6.09 Å². The first-order valence-electron chi connectivity index (χ1n) is 9.04. The number of amides is 1. The van der Waals surface area contributed by atoms with E-state index in [1.807, 2.05) is 0 Å². The number of nitrogens with zero attached hydrogens (tertiary/aromatic N) is 4. The summed E-state index contributed by atoms with van der Waals surface area (Å²) in [6, 6.07) is 1.57. The van der Waals surface area contributed by atoms with E-state index in [4.69, 9.17) is 21.8 Å². The summed E-state index contributed by atoms with van der Waals surface area (Å²) in [5.41, 5.74) is 0.384. The fraction of sp³-hybridized carbons (Fsp3) is 0.438. The van der Waals surface area contributed by atoms with Gasteiger partial charge in [0.2, 0.25) is 0 Å². The zero-order chi connectivity index (χ0) is 20.2. The summed E-state index contributed by atoms with van der Waals surface area (Å²) in [6.45, 7) is 0.160. The summed E-state index contributed by atoms with van der Waals surface area (Å²) >= 11 is 6.29. The first kappa shape index (κ1) is 11.5. The number of aromatic nitrogens is 3. The first-order valence-corrected chi connectivity index (χ1v) is 7.42. The van der Waals surface area contributed by atoms with Gasteiger partial charge in [0.25, 0.3) is 0 Å². The van der Waals surface area contributed by atoms with E-state index in [9.17, 15) is 4.79 Å². The maximum atomic E-state index is 12.4. The van der Waals surface area contributed by atoms with Crippen LogP contribution in [0.25, 0.3) is 11.2 Å². The molecule has 0 saturated carbocycles. The lowest BCUT2D eigenvalue weighted by molar-refractivity contribution is 0.0270. The molecule has 0 aliphatic carbocycles. The summed E-state index contributed by atoms with van der Waals surface area (Å²) in [4.78, 5) is 16.9. The Morgan fingerprint density at radius 2 is 2.26 bits per heavy atom. The molecule has 1 aliphatic heterocycles. The molecular weight excluding hydrogens is 316 g/mol. The molecule has 0 unspecified atom stereocenters. The molecule has 2 aromatic rings. The number of rotatable bonds is 1. The highest BCUT2D eigenvalue weighted by atomic mass is 35.5. The second-order valence-electron chi connectivity index (χ2n) is 6.05. The fourth-order valence-electron chi connectivity index (χ4n) is 2.07. The zero-order valence-electron chi connectivity index (χ0n) is 17.0. The van der Waals surface area contributed by atoms with E-state index < -0.39 is 24.7 Å². The van der Waals surface area contributed by atoms with Crippen molar-refractivity contribution in [3.8, 4) is 0 Å². The quantitative estimate of drug-likeness (QED) is 0.799. The smallest absolute Gasteiger partial charge is 0.410 e. The van der Waals surface area contributed by atoms with E-state index in [2.05, 4.69) is 10.1 Å². The molecule has 6 nitrogen and oxygen atoms in total. The number of carbonyl (C=O) groups excluding carboxylic acids is 1. The van der Waals surface area contributed by atoms with Crippen LogP contribution < -0.4 is 0 Å². The topological polar surface area (TPSA) is 59.7 Å². The fourth-order valence-corrected chi connectivity index (χ4v) is 2.34. The van der Waals surface area contributed by atoms with Gasteiger partial charge in [0.1, 0.15) is 11.9 Å². The number of ether oxygens (including phenoxy) is 1. The maximum Gasteiger partial charge on any atom is 0.410 e. The molecule has 0 bridgehead atoms. The van der Waals surface area contributed by atoms with Gasteiger partial charge in [0.05, 0.1) is 7.76 Å². The van der Waals surface area contributed by atoms with Gasteiger partial charge in [0.15, 0.2) is 5.65 Å². The van der Waals surface area contributed by atoms with Crippen molar-refractivity contribution in [1.82, 2.24) is 19.5 Å². The minimum Gasteiger partial charge on any atom is -0.444 e. The highest BCUT2D eigenvalue weighted by Crippen LogP contribution is 2.29. The Bertz CT molecular complexity index is 936. The van der Waals surface area contributed by atoms with Gasteiger partial charge in [-0.3, -0.25) is 0 Å². The third kappa shape index (κ3) is 3.47. The lowest BCUT2D eigenvalue weighted by Gasteiger charge is -2.29. The number of pyridine rings is 1. The third-order valence-electron chi connectivity index (χ3n) is 3.08. The Labute approximate surface area is 145 Å². The van der Waals surface area contributed by atoms with Crippen LogP contribution in [0.1, 0.15) is 38.2 Å². The van der Waals surface area contributed by atoms with Gasteiger partial charge in [-0.25, -0.2) is 14.3 Å². The molecule has 122 valence electrons. The molecule has 2 aromatic heterocycles. The second kappa shape index (κ2) is 5.85.